The summed E-state index contributed by atoms with van der Waals surface area (Å²) < 4.78 is 10.2. The van der Waals surface area contributed by atoms with Gasteiger partial charge in [0.1, 0.15) is 5.33 Å². The Morgan fingerprint density at radius 1 is 1.31 bits per heavy atom. The van der Waals surface area contributed by atoms with Gasteiger partial charge in [0.05, 0.1) is 6.10 Å². The highest BCUT2D eigenvalue weighted by molar-refractivity contribution is 9.09. The molecular formula is C9H15BrO3. The zero-order valence-electron chi connectivity index (χ0n) is 7.63. The molecule has 3 nitrogen and oxygen atoms in total. The average Bonchev–Trinajstić information content (AvgIpc) is 2.19. The first kappa shape index (κ1) is 11.0. The van der Waals surface area contributed by atoms with E-state index in [1.165, 1.54) is 19.3 Å². The third kappa shape index (κ3) is 4.62. The van der Waals surface area contributed by atoms with Gasteiger partial charge >= 0.3 is 5.97 Å². The summed E-state index contributed by atoms with van der Waals surface area (Å²) in [6, 6.07) is 0. The number of hydrogen-bond acceptors (Lipinski definition) is 3. The fraction of sp³-hybridized carbons (Fsp3) is 0.889. The highest BCUT2D eigenvalue weighted by atomic mass is 79.9. The van der Waals surface area contributed by atoms with Gasteiger partial charge in [-0.25, -0.2) is 0 Å². The lowest BCUT2D eigenvalue weighted by Crippen LogP contribution is -2.20. The van der Waals surface area contributed by atoms with Crippen LogP contribution in [0.3, 0.4) is 0 Å². The Morgan fingerprint density at radius 2 is 2.00 bits per heavy atom. The van der Waals surface area contributed by atoms with Crippen LogP contribution in [0.1, 0.15) is 32.1 Å². The van der Waals surface area contributed by atoms with Crippen molar-refractivity contribution in [3.63, 3.8) is 0 Å². The van der Waals surface area contributed by atoms with E-state index in [1.54, 1.807) is 0 Å². The molecule has 76 valence electrons. The van der Waals surface area contributed by atoms with Crippen molar-refractivity contribution in [3.8, 4) is 0 Å². The lowest BCUT2D eigenvalue weighted by atomic mass is 9.98. The quantitative estimate of drug-likeness (QED) is 0.436. The number of carbonyl (C=O) groups is 1. The minimum Gasteiger partial charge on any atom is -0.438 e. The van der Waals surface area contributed by atoms with Crippen LogP contribution in [0.5, 0.6) is 0 Å². The second kappa shape index (κ2) is 6.38. The number of esters is 1. The van der Waals surface area contributed by atoms with Crippen LogP contribution in [0.15, 0.2) is 0 Å². The summed E-state index contributed by atoms with van der Waals surface area (Å²) in [7, 11) is 0. The van der Waals surface area contributed by atoms with E-state index in [9.17, 15) is 4.79 Å². The number of ether oxygens (including phenoxy) is 2. The van der Waals surface area contributed by atoms with Crippen LogP contribution in [0.2, 0.25) is 0 Å². The average molecular weight is 251 g/mol. The molecule has 0 heterocycles. The van der Waals surface area contributed by atoms with Crippen molar-refractivity contribution in [3.05, 3.63) is 0 Å². The van der Waals surface area contributed by atoms with Crippen LogP contribution in [-0.4, -0.2) is 24.2 Å². The summed E-state index contributed by atoms with van der Waals surface area (Å²) in [6.07, 6.45) is 6.28. The Morgan fingerprint density at radius 3 is 2.62 bits per heavy atom. The van der Waals surface area contributed by atoms with Gasteiger partial charge in [0.15, 0.2) is 6.79 Å². The Hall–Kier alpha value is -0.0900. The molecular weight excluding hydrogens is 236 g/mol. The van der Waals surface area contributed by atoms with Gasteiger partial charge in [-0.3, -0.25) is 4.79 Å². The molecule has 0 aliphatic heterocycles. The second-order valence-corrected chi connectivity index (χ2v) is 3.76. The molecule has 0 aromatic heterocycles. The molecule has 13 heavy (non-hydrogen) atoms. The predicted molar refractivity (Wildman–Crippen MR) is 52.7 cm³/mol. The summed E-state index contributed by atoms with van der Waals surface area (Å²) >= 11 is 3.01. The Balaban J connectivity index is 2.01. The minimum absolute atomic E-state index is 0.106. The number of alkyl halides is 1. The van der Waals surface area contributed by atoms with Crippen LogP contribution >= 0.6 is 15.9 Å². The van der Waals surface area contributed by atoms with Gasteiger partial charge in [-0.05, 0) is 12.8 Å². The van der Waals surface area contributed by atoms with Gasteiger partial charge in [-0.15, -0.1) is 0 Å². The van der Waals surface area contributed by atoms with E-state index in [-0.39, 0.29) is 18.1 Å². The summed E-state index contributed by atoms with van der Waals surface area (Å²) in [4.78, 5) is 10.7. The standard InChI is InChI=1S/C9H15BrO3/c10-6-9(11)13-7-12-8-4-2-1-3-5-8/h8H,1-7H2. The first-order chi connectivity index (χ1) is 6.33. The maximum atomic E-state index is 10.7. The van der Waals surface area contributed by atoms with Crippen LogP contribution in [-0.2, 0) is 14.3 Å². The monoisotopic (exact) mass is 250 g/mol. The third-order valence-electron chi connectivity index (χ3n) is 2.18. The Bertz CT molecular complexity index is 155. The topological polar surface area (TPSA) is 35.5 Å². The fourth-order valence-electron chi connectivity index (χ4n) is 1.47. The first-order valence-electron chi connectivity index (χ1n) is 4.66. The van der Waals surface area contributed by atoms with Crippen LogP contribution < -0.4 is 0 Å². The molecule has 0 radical (unpaired) electrons. The van der Waals surface area contributed by atoms with E-state index in [0.29, 0.717) is 6.10 Å². The molecule has 0 amide bonds. The van der Waals surface area contributed by atoms with E-state index in [0.717, 1.165) is 12.8 Å². The number of carbonyl (C=O) groups excluding carboxylic acids is 1. The molecule has 4 heteroatoms. The van der Waals surface area contributed by atoms with Gasteiger partial charge in [-0.2, -0.15) is 0 Å². The van der Waals surface area contributed by atoms with E-state index in [2.05, 4.69) is 15.9 Å². The van der Waals surface area contributed by atoms with Crippen molar-refractivity contribution < 1.29 is 14.3 Å². The van der Waals surface area contributed by atoms with Crippen molar-refractivity contribution in [1.82, 2.24) is 0 Å². The zero-order chi connectivity index (χ0) is 9.52. The van der Waals surface area contributed by atoms with Crippen molar-refractivity contribution in [2.45, 2.75) is 38.2 Å². The van der Waals surface area contributed by atoms with Gasteiger partial charge in [0.2, 0.25) is 0 Å². The highest BCUT2D eigenvalue weighted by Gasteiger charge is 2.13. The van der Waals surface area contributed by atoms with Crippen molar-refractivity contribution in [2.24, 2.45) is 0 Å². The molecule has 0 spiro atoms. The molecule has 0 unspecified atom stereocenters. The number of rotatable bonds is 4. The summed E-state index contributed by atoms with van der Waals surface area (Å²) in [6.45, 7) is 0.106. The molecule has 1 rings (SSSR count). The van der Waals surface area contributed by atoms with Gasteiger partial charge < -0.3 is 9.47 Å². The minimum atomic E-state index is -0.268. The van der Waals surface area contributed by atoms with Crippen molar-refractivity contribution >= 4 is 21.9 Å². The zero-order valence-corrected chi connectivity index (χ0v) is 9.22. The maximum Gasteiger partial charge on any atom is 0.318 e. The lowest BCUT2D eigenvalue weighted by molar-refractivity contribution is -0.158. The highest BCUT2D eigenvalue weighted by Crippen LogP contribution is 2.19. The lowest BCUT2D eigenvalue weighted by Gasteiger charge is -2.21. The van der Waals surface area contributed by atoms with Gasteiger partial charge in [-0.1, -0.05) is 35.2 Å². The first-order valence-corrected chi connectivity index (χ1v) is 5.78. The summed E-state index contributed by atoms with van der Waals surface area (Å²) in [5, 5.41) is 0.237. The summed E-state index contributed by atoms with van der Waals surface area (Å²) in [5.74, 6) is -0.268. The summed E-state index contributed by atoms with van der Waals surface area (Å²) in [5.41, 5.74) is 0. The van der Waals surface area contributed by atoms with E-state index < -0.39 is 0 Å². The molecule has 0 atom stereocenters. The normalized spacial score (nSPS) is 18.5. The SMILES string of the molecule is O=C(CBr)OCOC1CCCCC1. The van der Waals surface area contributed by atoms with Gasteiger partial charge in [0, 0.05) is 0 Å². The Kier molecular flexibility index (Phi) is 5.39. The van der Waals surface area contributed by atoms with Gasteiger partial charge in [0.25, 0.3) is 0 Å². The fourth-order valence-corrected chi connectivity index (χ4v) is 1.63. The molecule has 0 aromatic carbocycles. The predicted octanol–water partition coefficient (Wildman–Crippen LogP) is 2.23. The molecule has 1 fully saturated rings. The number of hydrogen-bond donors (Lipinski definition) is 0. The second-order valence-electron chi connectivity index (χ2n) is 3.19. The molecule has 0 N–H and O–H groups in total. The van der Waals surface area contributed by atoms with Crippen LogP contribution in [0, 0.1) is 0 Å². The van der Waals surface area contributed by atoms with Crippen molar-refractivity contribution in [1.29, 1.82) is 0 Å². The molecule has 0 saturated heterocycles. The molecule has 1 saturated carbocycles. The Labute approximate surface area is 86.9 Å². The smallest absolute Gasteiger partial charge is 0.318 e. The molecule has 1 aliphatic rings. The van der Waals surface area contributed by atoms with Crippen LogP contribution in [0.25, 0.3) is 0 Å². The number of halogens is 1. The third-order valence-corrected chi connectivity index (χ3v) is 2.64. The molecule has 0 aromatic rings. The molecule has 1 aliphatic carbocycles. The van der Waals surface area contributed by atoms with Crippen molar-refractivity contribution in [2.75, 3.05) is 12.1 Å². The van der Waals surface area contributed by atoms with E-state index in [4.69, 9.17) is 9.47 Å². The van der Waals surface area contributed by atoms with E-state index >= 15 is 0 Å². The van der Waals surface area contributed by atoms with E-state index in [1.807, 2.05) is 0 Å². The largest absolute Gasteiger partial charge is 0.438 e. The maximum absolute atomic E-state index is 10.7. The van der Waals surface area contributed by atoms with Crippen LogP contribution in [0.4, 0.5) is 0 Å². The molecule has 0 bridgehead atoms.